The van der Waals surface area contributed by atoms with Crippen molar-refractivity contribution in [1.82, 2.24) is 9.97 Å². The van der Waals surface area contributed by atoms with Gasteiger partial charge in [0.05, 0.1) is 17.6 Å². The molecule has 0 atom stereocenters. The number of fused-ring (bicyclic) bond motifs is 1. The number of aryl methyl sites for hydroxylation is 1. The average molecular weight is 222 g/mol. The lowest BCUT2D eigenvalue weighted by Crippen LogP contribution is -1.91. The van der Waals surface area contributed by atoms with Crippen molar-refractivity contribution < 1.29 is 4.74 Å². The molecule has 1 aromatic carbocycles. The molecule has 1 aromatic heterocycles. The number of thioether (sulfide) groups is 1. The Bertz CT molecular complexity index is 453. The van der Waals surface area contributed by atoms with E-state index < -0.39 is 0 Å². The van der Waals surface area contributed by atoms with E-state index in [2.05, 4.69) is 29.0 Å². The van der Waals surface area contributed by atoms with Crippen molar-refractivity contribution in [2.24, 2.45) is 0 Å². The molecule has 0 aliphatic carbocycles. The molecule has 0 radical (unpaired) electrons. The first-order valence-electron chi connectivity index (χ1n) is 4.87. The van der Waals surface area contributed by atoms with Crippen LogP contribution in [0.25, 0.3) is 11.0 Å². The predicted molar refractivity (Wildman–Crippen MR) is 63.4 cm³/mol. The van der Waals surface area contributed by atoms with Crippen molar-refractivity contribution >= 4 is 22.8 Å². The van der Waals surface area contributed by atoms with Gasteiger partial charge in [-0.15, -0.1) is 0 Å². The van der Waals surface area contributed by atoms with Crippen molar-refractivity contribution in [3.63, 3.8) is 0 Å². The number of nitrogens with one attached hydrogen (secondary N) is 1. The molecule has 0 spiro atoms. The maximum Gasteiger partial charge on any atom is 0.166 e. The van der Waals surface area contributed by atoms with Crippen molar-refractivity contribution in [2.75, 3.05) is 19.5 Å². The zero-order valence-corrected chi connectivity index (χ0v) is 9.73. The summed E-state index contributed by atoms with van der Waals surface area (Å²) in [5.74, 6) is 0.926. The molecule has 1 N–H and O–H groups in total. The monoisotopic (exact) mass is 222 g/mol. The lowest BCUT2D eigenvalue weighted by atomic mass is 10.2. The Balaban J connectivity index is 2.16. The van der Waals surface area contributed by atoms with Gasteiger partial charge in [-0.25, -0.2) is 4.98 Å². The van der Waals surface area contributed by atoms with Crippen LogP contribution in [0, 0.1) is 6.92 Å². The second kappa shape index (κ2) is 4.68. The molecule has 0 unspecified atom stereocenters. The molecule has 0 aliphatic heterocycles. The van der Waals surface area contributed by atoms with E-state index in [0.29, 0.717) is 0 Å². The highest BCUT2D eigenvalue weighted by Crippen LogP contribution is 2.19. The van der Waals surface area contributed by atoms with Gasteiger partial charge in [0, 0.05) is 12.9 Å². The van der Waals surface area contributed by atoms with Crippen LogP contribution < -0.4 is 0 Å². The van der Waals surface area contributed by atoms with Gasteiger partial charge in [-0.1, -0.05) is 17.8 Å². The van der Waals surface area contributed by atoms with E-state index in [0.717, 1.165) is 28.5 Å². The van der Waals surface area contributed by atoms with Gasteiger partial charge >= 0.3 is 0 Å². The Labute approximate surface area is 93.2 Å². The number of benzene rings is 1. The van der Waals surface area contributed by atoms with Crippen LogP contribution in [0.1, 0.15) is 5.56 Å². The van der Waals surface area contributed by atoms with Gasteiger partial charge in [-0.2, -0.15) is 0 Å². The highest BCUT2D eigenvalue weighted by atomic mass is 32.2. The van der Waals surface area contributed by atoms with Gasteiger partial charge < -0.3 is 9.72 Å². The maximum absolute atomic E-state index is 4.99. The van der Waals surface area contributed by atoms with Crippen LogP contribution in [-0.4, -0.2) is 29.4 Å². The van der Waals surface area contributed by atoms with Gasteiger partial charge in [-0.3, -0.25) is 0 Å². The first-order chi connectivity index (χ1) is 7.29. The van der Waals surface area contributed by atoms with Crippen molar-refractivity contribution in [3.05, 3.63) is 23.8 Å². The molecule has 2 aromatic rings. The van der Waals surface area contributed by atoms with E-state index in [9.17, 15) is 0 Å². The van der Waals surface area contributed by atoms with E-state index in [1.807, 2.05) is 6.07 Å². The normalized spacial score (nSPS) is 11.1. The predicted octanol–water partition coefficient (Wildman–Crippen LogP) is 2.61. The van der Waals surface area contributed by atoms with Gasteiger partial charge in [0.25, 0.3) is 0 Å². The lowest BCUT2D eigenvalue weighted by molar-refractivity contribution is 0.218. The minimum absolute atomic E-state index is 0.751. The number of aromatic amines is 1. The Morgan fingerprint density at radius 3 is 3.13 bits per heavy atom. The van der Waals surface area contributed by atoms with Gasteiger partial charge in [0.1, 0.15) is 0 Å². The third kappa shape index (κ3) is 2.52. The molecule has 3 nitrogen and oxygen atoms in total. The Morgan fingerprint density at radius 1 is 1.47 bits per heavy atom. The number of methoxy groups -OCH3 is 1. The molecule has 0 fully saturated rings. The summed E-state index contributed by atoms with van der Waals surface area (Å²) in [4.78, 5) is 7.77. The molecule has 4 heteroatoms. The van der Waals surface area contributed by atoms with Crippen molar-refractivity contribution in [3.8, 4) is 0 Å². The van der Waals surface area contributed by atoms with Crippen LogP contribution in [-0.2, 0) is 4.74 Å². The summed E-state index contributed by atoms with van der Waals surface area (Å²) in [6.07, 6.45) is 0. The molecule has 0 aliphatic rings. The molecule has 0 amide bonds. The lowest BCUT2D eigenvalue weighted by Gasteiger charge is -1.94. The average Bonchev–Trinajstić information content (AvgIpc) is 2.60. The van der Waals surface area contributed by atoms with Gasteiger partial charge in [0.15, 0.2) is 5.16 Å². The Kier molecular flexibility index (Phi) is 3.28. The fourth-order valence-electron chi connectivity index (χ4n) is 1.39. The van der Waals surface area contributed by atoms with Crippen LogP contribution in [0.2, 0.25) is 0 Å². The summed E-state index contributed by atoms with van der Waals surface area (Å²) in [7, 11) is 1.71. The third-order valence-electron chi connectivity index (χ3n) is 2.14. The summed E-state index contributed by atoms with van der Waals surface area (Å²) in [6.45, 7) is 2.83. The Morgan fingerprint density at radius 2 is 2.33 bits per heavy atom. The SMILES string of the molecule is COCCSc1nc2ccc(C)cc2[nH]1. The van der Waals surface area contributed by atoms with Crippen LogP contribution in [0.15, 0.2) is 23.4 Å². The van der Waals surface area contributed by atoms with E-state index in [1.165, 1.54) is 5.56 Å². The minimum atomic E-state index is 0.751. The van der Waals surface area contributed by atoms with E-state index >= 15 is 0 Å². The zero-order valence-electron chi connectivity index (χ0n) is 8.91. The standard InChI is InChI=1S/C11H14N2OS/c1-8-3-4-9-10(7-8)13-11(12-9)15-6-5-14-2/h3-4,7H,5-6H2,1-2H3,(H,12,13). The van der Waals surface area contributed by atoms with E-state index in [1.54, 1.807) is 18.9 Å². The molecule has 0 saturated carbocycles. The molecular weight excluding hydrogens is 208 g/mol. The number of ether oxygens (including phenoxy) is 1. The highest BCUT2D eigenvalue weighted by molar-refractivity contribution is 7.99. The van der Waals surface area contributed by atoms with Gasteiger partial charge in [-0.05, 0) is 24.6 Å². The molecule has 80 valence electrons. The summed E-state index contributed by atoms with van der Waals surface area (Å²) in [6, 6.07) is 6.23. The highest BCUT2D eigenvalue weighted by Gasteiger charge is 2.02. The Hall–Kier alpha value is -1.00. The molecule has 1 heterocycles. The largest absolute Gasteiger partial charge is 0.384 e. The first-order valence-corrected chi connectivity index (χ1v) is 5.86. The fraction of sp³-hybridized carbons (Fsp3) is 0.364. The number of hydrogen-bond acceptors (Lipinski definition) is 3. The van der Waals surface area contributed by atoms with Crippen LogP contribution in [0.3, 0.4) is 0 Å². The maximum atomic E-state index is 4.99. The number of rotatable bonds is 4. The summed E-state index contributed by atoms with van der Waals surface area (Å²) >= 11 is 1.68. The molecular formula is C11H14N2OS. The number of imidazole rings is 1. The van der Waals surface area contributed by atoms with Gasteiger partial charge in [0.2, 0.25) is 0 Å². The number of H-pyrrole nitrogens is 1. The second-order valence-corrected chi connectivity index (χ2v) is 4.49. The minimum Gasteiger partial charge on any atom is -0.384 e. The molecule has 0 saturated heterocycles. The smallest absolute Gasteiger partial charge is 0.166 e. The molecule has 15 heavy (non-hydrogen) atoms. The van der Waals surface area contributed by atoms with Crippen LogP contribution in [0.5, 0.6) is 0 Å². The zero-order chi connectivity index (χ0) is 10.7. The third-order valence-corrected chi connectivity index (χ3v) is 2.98. The number of hydrogen-bond donors (Lipinski definition) is 1. The topological polar surface area (TPSA) is 37.9 Å². The second-order valence-electron chi connectivity index (χ2n) is 3.40. The fourth-order valence-corrected chi connectivity index (χ4v) is 2.18. The van der Waals surface area contributed by atoms with Crippen molar-refractivity contribution in [1.29, 1.82) is 0 Å². The molecule has 0 bridgehead atoms. The summed E-state index contributed by atoms with van der Waals surface area (Å²) < 4.78 is 4.99. The quantitative estimate of drug-likeness (QED) is 0.638. The summed E-state index contributed by atoms with van der Waals surface area (Å²) in [5.41, 5.74) is 3.38. The summed E-state index contributed by atoms with van der Waals surface area (Å²) in [5, 5.41) is 0.965. The van der Waals surface area contributed by atoms with Crippen LogP contribution >= 0.6 is 11.8 Å². The molecule has 2 rings (SSSR count). The number of aromatic nitrogens is 2. The number of nitrogens with zero attached hydrogens (tertiary/aromatic N) is 1. The van der Waals surface area contributed by atoms with E-state index in [-0.39, 0.29) is 0 Å². The van der Waals surface area contributed by atoms with Crippen molar-refractivity contribution in [2.45, 2.75) is 12.1 Å². The first kappa shape index (κ1) is 10.5. The van der Waals surface area contributed by atoms with Crippen LogP contribution in [0.4, 0.5) is 0 Å². The van der Waals surface area contributed by atoms with E-state index in [4.69, 9.17) is 4.74 Å².